The Hall–Kier alpha value is -9.15. The van der Waals surface area contributed by atoms with Gasteiger partial charge in [0.2, 0.25) is 5.83 Å². The van der Waals surface area contributed by atoms with Gasteiger partial charge in [-0.25, -0.2) is 49.4 Å². The molecule has 2 N–H and O–H groups in total. The van der Waals surface area contributed by atoms with Crippen molar-refractivity contribution < 1.29 is 52.0 Å². The number of thiazole rings is 2. The fourth-order valence-corrected chi connectivity index (χ4v) is 7.50. The van der Waals surface area contributed by atoms with Crippen molar-refractivity contribution in [2.24, 2.45) is 0 Å². The topological polar surface area (TPSA) is 230 Å². The van der Waals surface area contributed by atoms with E-state index in [0.717, 1.165) is 48.0 Å². The first-order valence-electron chi connectivity index (χ1n) is 20.8. The smallest absolute Gasteiger partial charge is 0.366 e. The normalized spacial score (nSPS) is 11.2. The standard InChI is InChI=1S/C49H39FN8O10S2/c1-5-38(59)65-26-9-7-6-8-25-63-36-19-15-32(16-20-36)46(61)67-41-39-44(70-48(57-39)55-23-10-13-34(29-51)53-3)42(40-43(41)69-49(58-40)56-24-11-14-35(30-52)54-4)68-47(62)33-17-21-37(22-18-33)64-27-12-28-66-45(60)31(2)50/h5,10-11,13-24H,1-2,6-9,12,25-28H2,(H,55,57)(H,56,58)/b23-10+,24-11+,34-13+,35-14-. The largest absolute Gasteiger partial charge is 0.494 e. The predicted octanol–water partition coefficient (Wildman–Crippen LogP) is 10.3. The fourth-order valence-electron chi connectivity index (χ4n) is 5.65. The van der Waals surface area contributed by atoms with Crippen LogP contribution in [0.3, 0.4) is 0 Å². The van der Waals surface area contributed by atoms with Gasteiger partial charge in [0.05, 0.1) is 62.8 Å². The van der Waals surface area contributed by atoms with Gasteiger partial charge in [0.25, 0.3) is 11.4 Å². The van der Waals surface area contributed by atoms with Gasteiger partial charge in [-0.3, -0.25) is 0 Å². The van der Waals surface area contributed by atoms with Crippen LogP contribution < -0.4 is 29.6 Å². The lowest BCUT2D eigenvalue weighted by molar-refractivity contribution is -0.141. The SMILES string of the molecule is [C-]#[N+]/C(C#N)=C\C=C\Nc1nc2c(OC(=O)c3ccc(OCCCOC(=O)C(=C)F)cc3)c3sc(N/C=C/C=C(\C#N)[N+]#[C-])nc3c(OC(=O)c3ccc(OCCCCCCOC(=O)C=C)cc3)c2s1. The second kappa shape index (κ2) is 26.9. The van der Waals surface area contributed by atoms with E-state index in [4.69, 9.17) is 62.1 Å². The second-order valence-corrected chi connectivity index (χ2v) is 15.8. The lowest BCUT2D eigenvalue weighted by Gasteiger charge is -2.11. The number of hydrogen-bond donors (Lipinski definition) is 2. The van der Waals surface area contributed by atoms with Gasteiger partial charge in [-0.15, -0.1) is 0 Å². The van der Waals surface area contributed by atoms with Crippen molar-refractivity contribution in [1.82, 2.24) is 9.97 Å². The minimum absolute atomic E-state index is 0.0255. The summed E-state index contributed by atoms with van der Waals surface area (Å²) in [7, 11) is 0. The van der Waals surface area contributed by atoms with Gasteiger partial charge in [-0.1, -0.05) is 48.0 Å². The van der Waals surface area contributed by atoms with Crippen LogP contribution >= 0.6 is 22.7 Å². The first-order chi connectivity index (χ1) is 34.0. The molecule has 5 rings (SSSR count). The molecule has 3 aromatic carbocycles. The van der Waals surface area contributed by atoms with Crippen LogP contribution in [0.2, 0.25) is 0 Å². The highest BCUT2D eigenvalue weighted by Crippen LogP contribution is 2.49. The zero-order chi connectivity index (χ0) is 50.3. The number of carbonyl (C=O) groups excluding carboxylic acids is 4. The Morgan fingerprint density at radius 1 is 0.686 bits per heavy atom. The Labute approximate surface area is 408 Å². The predicted molar refractivity (Wildman–Crippen MR) is 258 cm³/mol. The zero-order valence-corrected chi connectivity index (χ0v) is 38.5. The number of benzene rings is 3. The summed E-state index contributed by atoms with van der Waals surface area (Å²) in [6.07, 6.45) is 12.8. The van der Waals surface area contributed by atoms with E-state index in [9.17, 15) is 23.6 Å². The van der Waals surface area contributed by atoms with Crippen molar-refractivity contribution >= 4 is 77.2 Å². The zero-order valence-electron chi connectivity index (χ0n) is 36.9. The van der Waals surface area contributed by atoms with E-state index < -0.39 is 29.7 Å². The molecule has 0 radical (unpaired) electrons. The van der Waals surface area contributed by atoms with Gasteiger partial charge >= 0.3 is 23.9 Å². The van der Waals surface area contributed by atoms with E-state index in [1.54, 1.807) is 24.3 Å². The number of fused-ring (bicyclic) bond motifs is 2. The highest BCUT2D eigenvalue weighted by Gasteiger charge is 2.28. The van der Waals surface area contributed by atoms with Crippen LogP contribution in [0.15, 0.2) is 122 Å². The number of aromatic nitrogens is 2. The van der Waals surface area contributed by atoms with Crippen molar-refractivity contribution in [1.29, 1.82) is 10.5 Å². The third-order valence-corrected chi connectivity index (χ3v) is 11.0. The Morgan fingerprint density at radius 2 is 1.13 bits per heavy atom. The van der Waals surface area contributed by atoms with Crippen LogP contribution in [-0.2, 0) is 19.1 Å². The molecule has 0 aliphatic rings. The number of ether oxygens (including phenoxy) is 6. The van der Waals surface area contributed by atoms with Crippen molar-refractivity contribution in [2.45, 2.75) is 32.1 Å². The molecule has 0 atom stereocenters. The van der Waals surface area contributed by atoms with Crippen LogP contribution in [0.25, 0.3) is 30.1 Å². The number of allylic oxidation sites excluding steroid dienone is 6. The maximum Gasteiger partial charge on any atom is 0.366 e. The summed E-state index contributed by atoms with van der Waals surface area (Å²) in [5.41, 5.74) is 0.154. The van der Waals surface area contributed by atoms with Crippen LogP contribution in [-0.4, -0.2) is 60.3 Å². The molecule has 70 heavy (non-hydrogen) atoms. The molecule has 354 valence electrons. The molecule has 0 fully saturated rings. The van der Waals surface area contributed by atoms with Crippen molar-refractivity contribution in [3.05, 3.63) is 156 Å². The number of anilines is 2. The van der Waals surface area contributed by atoms with E-state index in [2.05, 4.69) is 33.5 Å². The summed E-state index contributed by atoms with van der Waals surface area (Å²) in [5.74, 6) is -3.57. The molecule has 0 aliphatic heterocycles. The second-order valence-electron chi connectivity index (χ2n) is 13.8. The van der Waals surface area contributed by atoms with Gasteiger partial charge < -0.3 is 39.1 Å². The number of halogens is 1. The summed E-state index contributed by atoms with van der Waals surface area (Å²) in [6.45, 7) is 21.2. The lowest BCUT2D eigenvalue weighted by Crippen LogP contribution is -2.11. The van der Waals surface area contributed by atoms with E-state index in [0.29, 0.717) is 31.1 Å². The van der Waals surface area contributed by atoms with Gasteiger partial charge in [0.15, 0.2) is 21.8 Å². The summed E-state index contributed by atoms with van der Waals surface area (Å²) in [6, 6.07) is 15.8. The lowest BCUT2D eigenvalue weighted by atomic mass is 10.2. The molecule has 0 aliphatic carbocycles. The van der Waals surface area contributed by atoms with Gasteiger partial charge in [0.1, 0.15) is 31.9 Å². The van der Waals surface area contributed by atoms with Crippen LogP contribution in [0.5, 0.6) is 23.0 Å². The van der Waals surface area contributed by atoms with Crippen LogP contribution in [0.4, 0.5) is 14.7 Å². The molecular formula is C49H39FN8O10S2. The average Bonchev–Trinajstić information content (AvgIpc) is 4.01. The maximum absolute atomic E-state index is 13.9. The fraction of sp³-hybridized carbons (Fsp3) is 0.184. The first kappa shape index (κ1) is 51.8. The highest BCUT2D eigenvalue weighted by molar-refractivity contribution is 7.24. The number of carbonyl (C=O) groups is 4. The maximum atomic E-state index is 13.9. The molecule has 0 bridgehead atoms. The molecule has 18 nitrogen and oxygen atoms in total. The Bertz CT molecular complexity index is 2920. The summed E-state index contributed by atoms with van der Waals surface area (Å²) in [5, 5.41) is 24.7. The molecule has 21 heteroatoms. The van der Waals surface area contributed by atoms with E-state index >= 15 is 0 Å². The van der Waals surface area contributed by atoms with Crippen molar-refractivity contribution in [2.75, 3.05) is 37.1 Å². The van der Waals surface area contributed by atoms with E-state index in [-0.39, 0.29) is 84.4 Å². The number of unbranched alkanes of at least 4 members (excludes halogenated alkanes) is 3. The van der Waals surface area contributed by atoms with Crippen molar-refractivity contribution in [3.63, 3.8) is 0 Å². The van der Waals surface area contributed by atoms with Crippen LogP contribution in [0, 0.1) is 35.8 Å². The van der Waals surface area contributed by atoms with E-state index in [1.165, 1.54) is 73.1 Å². The third kappa shape index (κ3) is 15.2. The molecule has 0 saturated carbocycles. The third-order valence-electron chi connectivity index (χ3n) is 8.98. The number of nitrogens with one attached hydrogen (secondary N) is 2. The Kier molecular flexibility index (Phi) is 19.9. The van der Waals surface area contributed by atoms with Gasteiger partial charge in [0, 0.05) is 24.9 Å². The highest BCUT2D eigenvalue weighted by atomic mass is 32.1. The molecule has 0 amide bonds. The summed E-state index contributed by atoms with van der Waals surface area (Å²) in [4.78, 5) is 65.9. The quantitative estimate of drug-likeness (QED) is 0.0105. The van der Waals surface area contributed by atoms with Gasteiger partial charge in [-0.05, 0) is 86.4 Å². The number of nitrogens with zero attached hydrogens (tertiary/aromatic N) is 6. The molecule has 2 aromatic heterocycles. The molecule has 0 spiro atoms. The molecular weight excluding hydrogens is 944 g/mol. The molecule has 5 aromatic rings. The summed E-state index contributed by atoms with van der Waals surface area (Å²) < 4.78 is 46.7. The summed E-state index contributed by atoms with van der Waals surface area (Å²) >= 11 is 2.04. The monoisotopic (exact) mass is 982 g/mol. The Morgan fingerprint density at radius 3 is 1.56 bits per heavy atom. The minimum Gasteiger partial charge on any atom is -0.494 e. The number of rotatable bonds is 25. The van der Waals surface area contributed by atoms with Crippen molar-refractivity contribution in [3.8, 4) is 35.1 Å². The number of nitriles is 2. The molecule has 0 unspecified atom stereocenters. The van der Waals surface area contributed by atoms with E-state index in [1.807, 2.05) is 0 Å². The average molecular weight is 983 g/mol. The minimum atomic E-state index is -1.21. The van der Waals surface area contributed by atoms with Crippen LogP contribution in [0.1, 0.15) is 52.8 Å². The first-order valence-corrected chi connectivity index (χ1v) is 22.4. The van der Waals surface area contributed by atoms with Gasteiger partial charge in [-0.2, -0.15) is 4.39 Å². The number of hydrogen-bond acceptors (Lipinski definition) is 18. The Balaban J connectivity index is 1.45. The molecule has 2 heterocycles. The number of esters is 4. The molecule has 0 saturated heterocycles.